The molecule has 1 aliphatic rings. The molecule has 0 aromatic heterocycles. The van der Waals surface area contributed by atoms with Gasteiger partial charge in [0, 0.05) is 0 Å². The molecular weight excluding hydrogens is 116 g/mol. The molecule has 1 aliphatic carbocycles. The van der Waals surface area contributed by atoms with Gasteiger partial charge in [0.15, 0.2) is 7.11 Å². The van der Waals surface area contributed by atoms with Crippen molar-refractivity contribution in [1.29, 1.82) is 0 Å². The Kier molecular flexibility index (Phi) is 2.09. The van der Waals surface area contributed by atoms with Crippen LogP contribution in [0.1, 0.15) is 25.7 Å². The van der Waals surface area contributed by atoms with E-state index in [0.717, 1.165) is 12.8 Å². The first-order valence-corrected chi connectivity index (χ1v) is 3.44. The summed E-state index contributed by atoms with van der Waals surface area (Å²) in [5.74, 6) is 0.558. The van der Waals surface area contributed by atoms with Crippen molar-refractivity contribution in [3.05, 3.63) is 0 Å². The summed E-state index contributed by atoms with van der Waals surface area (Å²) in [5, 5.41) is 0. The largest absolute Gasteiger partial charge is 0.485 e. The van der Waals surface area contributed by atoms with Crippen LogP contribution in [0, 0.1) is 5.92 Å². The van der Waals surface area contributed by atoms with Gasteiger partial charge in [-0.05, 0) is 12.8 Å². The Hall–Kier alpha value is -0.530. The highest BCUT2D eigenvalue weighted by atomic mass is 16.5. The van der Waals surface area contributed by atoms with Gasteiger partial charge >= 0.3 is 5.97 Å². The molecule has 9 heavy (non-hydrogen) atoms. The maximum Gasteiger partial charge on any atom is 0.485 e. The zero-order chi connectivity index (χ0) is 6.69. The smallest absolute Gasteiger partial charge is 0.339 e. The molecule has 0 unspecified atom stereocenters. The van der Waals surface area contributed by atoms with Crippen LogP contribution in [0.15, 0.2) is 0 Å². The number of methoxy groups -OCH3 is 1. The first-order valence-electron chi connectivity index (χ1n) is 3.44. The first kappa shape index (κ1) is 6.59. The molecule has 1 N–H and O–H groups in total. The molecule has 0 radical (unpaired) electrons. The number of hydrogen-bond acceptors (Lipinski definition) is 1. The Bertz CT molecular complexity index is 103. The molecule has 0 aromatic rings. The Morgan fingerprint density at radius 1 is 1.44 bits per heavy atom. The normalized spacial score (nSPS) is 20.1. The predicted octanol–water partition coefficient (Wildman–Crippen LogP) is 1.33. The summed E-state index contributed by atoms with van der Waals surface area (Å²) in [6.45, 7) is 0. The zero-order valence-electron chi connectivity index (χ0n) is 5.76. The molecule has 0 amide bonds. The maximum atomic E-state index is 9.05. The number of ether oxygens (including phenoxy) is 1. The average molecular weight is 129 g/mol. The van der Waals surface area contributed by atoms with Crippen molar-refractivity contribution < 1.29 is 9.53 Å². The van der Waals surface area contributed by atoms with Crippen molar-refractivity contribution in [1.82, 2.24) is 0 Å². The summed E-state index contributed by atoms with van der Waals surface area (Å²) in [7, 11) is 1.52. The van der Waals surface area contributed by atoms with Crippen molar-refractivity contribution in [3.8, 4) is 0 Å². The molecular formula is C7H13O2+. The molecule has 1 saturated carbocycles. The van der Waals surface area contributed by atoms with E-state index in [1.54, 1.807) is 0 Å². The monoisotopic (exact) mass is 129 g/mol. The van der Waals surface area contributed by atoms with Crippen LogP contribution >= 0.6 is 0 Å². The minimum Gasteiger partial charge on any atom is -0.339 e. The second-order valence-electron chi connectivity index (χ2n) is 2.52. The van der Waals surface area contributed by atoms with Crippen molar-refractivity contribution in [2.24, 2.45) is 5.92 Å². The van der Waals surface area contributed by atoms with Gasteiger partial charge in [0.05, 0.1) is 0 Å². The highest BCUT2D eigenvalue weighted by Gasteiger charge is 2.28. The first-order chi connectivity index (χ1) is 4.34. The second kappa shape index (κ2) is 2.85. The predicted molar refractivity (Wildman–Crippen MR) is 35.9 cm³/mol. The molecule has 0 heterocycles. The van der Waals surface area contributed by atoms with Crippen LogP contribution in [-0.4, -0.2) is 17.9 Å². The van der Waals surface area contributed by atoms with E-state index < -0.39 is 0 Å². The van der Waals surface area contributed by atoms with Crippen LogP contribution in [0.2, 0.25) is 0 Å². The fourth-order valence-electron chi connectivity index (χ4n) is 1.34. The maximum absolute atomic E-state index is 9.05. The molecule has 0 atom stereocenters. The van der Waals surface area contributed by atoms with Gasteiger partial charge < -0.3 is 9.53 Å². The summed E-state index contributed by atoms with van der Waals surface area (Å²) >= 11 is 0. The van der Waals surface area contributed by atoms with E-state index in [-0.39, 0.29) is 5.97 Å². The number of carbonyl (C=O) groups excluding carboxylic acids is 1. The molecule has 0 saturated heterocycles. The van der Waals surface area contributed by atoms with Gasteiger partial charge in [0.25, 0.3) is 0 Å². The lowest BCUT2D eigenvalue weighted by Crippen LogP contribution is -2.12. The Labute approximate surface area is 55.2 Å². The van der Waals surface area contributed by atoms with E-state index in [0.29, 0.717) is 5.92 Å². The van der Waals surface area contributed by atoms with Crippen LogP contribution in [0.4, 0.5) is 0 Å². The lowest BCUT2D eigenvalue weighted by atomic mass is 10.1. The van der Waals surface area contributed by atoms with Crippen LogP contribution in [-0.2, 0) is 4.74 Å². The standard InChI is InChI=1S/C7H12O2/c1-9-7(8)6-4-2-3-5-6/h6H,2-5H2,1H3/p+1. The van der Waals surface area contributed by atoms with E-state index in [1.807, 2.05) is 0 Å². The summed E-state index contributed by atoms with van der Waals surface area (Å²) in [5.41, 5.74) is 0. The molecule has 0 bridgehead atoms. The van der Waals surface area contributed by atoms with Gasteiger partial charge in [-0.1, -0.05) is 12.8 Å². The third-order valence-electron chi connectivity index (χ3n) is 1.91. The zero-order valence-corrected chi connectivity index (χ0v) is 5.76. The van der Waals surface area contributed by atoms with E-state index in [2.05, 4.69) is 0 Å². The van der Waals surface area contributed by atoms with Gasteiger partial charge in [-0.15, -0.1) is 0 Å². The lowest BCUT2D eigenvalue weighted by molar-refractivity contribution is 0.314. The quantitative estimate of drug-likeness (QED) is 0.388. The summed E-state index contributed by atoms with van der Waals surface area (Å²) in [4.78, 5) is 9.05. The minimum atomic E-state index is 0.229. The van der Waals surface area contributed by atoms with E-state index >= 15 is 0 Å². The molecule has 0 aromatic carbocycles. The third kappa shape index (κ3) is 1.44. The number of esters is 1. The van der Waals surface area contributed by atoms with E-state index in [1.165, 1.54) is 20.0 Å². The van der Waals surface area contributed by atoms with E-state index in [4.69, 9.17) is 9.53 Å². The molecule has 0 spiro atoms. The van der Waals surface area contributed by atoms with Gasteiger partial charge in [-0.25, -0.2) is 0 Å². The molecule has 2 heteroatoms. The highest BCUT2D eigenvalue weighted by molar-refractivity contribution is 5.73. The van der Waals surface area contributed by atoms with Crippen LogP contribution in [0.5, 0.6) is 0 Å². The lowest BCUT2D eigenvalue weighted by Gasteiger charge is -1.95. The van der Waals surface area contributed by atoms with Gasteiger partial charge in [-0.3, -0.25) is 0 Å². The third-order valence-corrected chi connectivity index (χ3v) is 1.91. The van der Waals surface area contributed by atoms with Crippen LogP contribution in [0.25, 0.3) is 0 Å². The van der Waals surface area contributed by atoms with Crippen LogP contribution in [0.3, 0.4) is 0 Å². The SMILES string of the molecule is COC(=[OH+])C1CCCC1. The molecule has 1 rings (SSSR count). The van der Waals surface area contributed by atoms with E-state index in [9.17, 15) is 0 Å². The minimum absolute atomic E-state index is 0.229. The molecule has 52 valence electrons. The van der Waals surface area contributed by atoms with Crippen molar-refractivity contribution in [2.45, 2.75) is 25.7 Å². The summed E-state index contributed by atoms with van der Waals surface area (Å²) in [6.07, 6.45) is 4.66. The van der Waals surface area contributed by atoms with Crippen LogP contribution < -0.4 is 0 Å². The summed E-state index contributed by atoms with van der Waals surface area (Å²) in [6, 6.07) is 0. The fourth-order valence-corrected chi connectivity index (χ4v) is 1.34. The molecule has 2 nitrogen and oxygen atoms in total. The molecule has 1 fully saturated rings. The Morgan fingerprint density at radius 3 is 2.44 bits per heavy atom. The average Bonchev–Trinajstić information content (AvgIpc) is 2.37. The number of hydrogen-bond donors (Lipinski definition) is 0. The van der Waals surface area contributed by atoms with Gasteiger partial charge in [0.1, 0.15) is 5.92 Å². The van der Waals surface area contributed by atoms with Gasteiger partial charge in [-0.2, -0.15) is 0 Å². The van der Waals surface area contributed by atoms with Crippen molar-refractivity contribution in [2.75, 3.05) is 7.11 Å². The Morgan fingerprint density at radius 2 is 2.00 bits per heavy atom. The second-order valence-corrected chi connectivity index (χ2v) is 2.52. The highest BCUT2D eigenvalue weighted by Crippen LogP contribution is 2.25. The topological polar surface area (TPSA) is 30.6 Å². The van der Waals surface area contributed by atoms with Crippen molar-refractivity contribution in [3.63, 3.8) is 0 Å². The number of rotatable bonds is 1. The van der Waals surface area contributed by atoms with Crippen molar-refractivity contribution >= 4 is 5.97 Å². The molecule has 0 aliphatic heterocycles. The summed E-state index contributed by atoms with van der Waals surface area (Å²) < 4.78 is 4.71. The van der Waals surface area contributed by atoms with Gasteiger partial charge in [0.2, 0.25) is 0 Å². The fraction of sp³-hybridized carbons (Fsp3) is 0.857. The Balaban J connectivity index is 2.32.